The zero-order chi connectivity index (χ0) is 21.1. The van der Waals surface area contributed by atoms with Gasteiger partial charge in [0.2, 0.25) is 0 Å². The van der Waals surface area contributed by atoms with E-state index in [1.54, 1.807) is 37.1 Å². The van der Waals surface area contributed by atoms with Crippen molar-refractivity contribution in [2.24, 2.45) is 4.99 Å². The maximum absolute atomic E-state index is 13.1. The van der Waals surface area contributed by atoms with E-state index in [9.17, 15) is 4.79 Å². The highest BCUT2D eigenvalue weighted by atomic mass is 32.2. The summed E-state index contributed by atoms with van der Waals surface area (Å²) in [5.41, 5.74) is 1.33. The molecule has 0 N–H and O–H groups in total. The molecule has 9 heteroatoms. The van der Waals surface area contributed by atoms with E-state index in [0.717, 1.165) is 34.0 Å². The lowest BCUT2D eigenvalue weighted by atomic mass is 10.2. The number of thiazole rings is 1. The predicted octanol–water partition coefficient (Wildman–Crippen LogP) is 3.60. The van der Waals surface area contributed by atoms with Gasteiger partial charge in [0.15, 0.2) is 16.3 Å². The molecule has 158 valence electrons. The van der Waals surface area contributed by atoms with Crippen LogP contribution in [0.2, 0.25) is 0 Å². The van der Waals surface area contributed by atoms with Gasteiger partial charge in [-0.2, -0.15) is 16.8 Å². The van der Waals surface area contributed by atoms with Crippen LogP contribution < -0.4 is 23.7 Å². The standard InChI is InChI=1S/C21H22N2O5S2/c1-25-13-4-5-16(26-2)14(10-13)20(24)22-21-23(6-9-29-3)15-11-17-18(12-19(15)30-21)28-8-7-27-17/h4-5,10-12H,6-9H2,1-3H3. The maximum Gasteiger partial charge on any atom is 0.283 e. The molecule has 4 rings (SSSR count). The Balaban J connectivity index is 1.84. The quantitative estimate of drug-likeness (QED) is 0.576. The van der Waals surface area contributed by atoms with Crippen molar-refractivity contribution < 1.29 is 23.7 Å². The van der Waals surface area contributed by atoms with E-state index < -0.39 is 0 Å². The van der Waals surface area contributed by atoms with Gasteiger partial charge in [-0.25, -0.2) is 0 Å². The van der Waals surface area contributed by atoms with Crippen molar-refractivity contribution in [2.75, 3.05) is 39.4 Å². The number of rotatable bonds is 6. The van der Waals surface area contributed by atoms with Crippen molar-refractivity contribution >= 4 is 39.2 Å². The number of carbonyl (C=O) groups excluding carboxylic acids is 1. The van der Waals surface area contributed by atoms with Gasteiger partial charge in [0.05, 0.1) is 30.0 Å². The Labute approximate surface area is 182 Å². The molecule has 0 radical (unpaired) electrons. The van der Waals surface area contributed by atoms with Crippen LogP contribution in [0.4, 0.5) is 0 Å². The van der Waals surface area contributed by atoms with Crippen LogP contribution in [-0.2, 0) is 6.54 Å². The molecule has 1 aromatic heterocycles. The average molecular weight is 447 g/mol. The number of aromatic nitrogens is 1. The smallest absolute Gasteiger partial charge is 0.283 e. The van der Waals surface area contributed by atoms with Crippen molar-refractivity contribution in [3.8, 4) is 23.0 Å². The third-order valence-electron chi connectivity index (χ3n) is 4.70. The van der Waals surface area contributed by atoms with Crippen molar-refractivity contribution in [3.05, 3.63) is 40.7 Å². The monoisotopic (exact) mass is 446 g/mol. The number of benzene rings is 2. The summed E-state index contributed by atoms with van der Waals surface area (Å²) >= 11 is 3.19. The number of thioether (sulfide) groups is 1. The second-order valence-corrected chi connectivity index (χ2v) is 8.47. The zero-order valence-corrected chi connectivity index (χ0v) is 18.6. The van der Waals surface area contributed by atoms with E-state index in [2.05, 4.69) is 15.8 Å². The Hall–Kier alpha value is -2.65. The molecule has 7 nitrogen and oxygen atoms in total. The lowest BCUT2D eigenvalue weighted by molar-refractivity contribution is 0.0994. The third-order valence-corrected chi connectivity index (χ3v) is 6.33. The summed E-state index contributed by atoms with van der Waals surface area (Å²) in [6.07, 6.45) is 2.05. The number of hydrogen-bond acceptors (Lipinski definition) is 7. The van der Waals surface area contributed by atoms with Gasteiger partial charge in [-0.15, -0.1) is 0 Å². The number of amides is 1. The molecule has 0 bridgehead atoms. The molecule has 0 spiro atoms. The summed E-state index contributed by atoms with van der Waals surface area (Å²) in [6.45, 7) is 1.78. The highest BCUT2D eigenvalue weighted by Crippen LogP contribution is 2.35. The van der Waals surface area contributed by atoms with Crippen LogP contribution in [0.15, 0.2) is 35.3 Å². The molecule has 0 saturated carbocycles. The van der Waals surface area contributed by atoms with E-state index in [-0.39, 0.29) is 5.91 Å². The largest absolute Gasteiger partial charge is 0.497 e. The molecule has 1 amide bonds. The molecular weight excluding hydrogens is 424 g/mol. The fourth-order valence-electron chi connectivity index (χ4n) is 3.22. The fraction of sp³-hybridized carbons (Fsp3) is 0.333. The maximum atomic E-state index is 13.1. The number of ether oxygens (including phenoxy) is 4. The van der Waals surface area contributed by atoms with Gasteiger partial charge < -0.3 is 23.5 Å². The lowest BCUT2D eigenvalue weighted by Gasteiger charge is -2.18. The minimum Gasteiger partial charge on any atom is -0.497 e. The Kier molecular flexibility index (Phi) is 6.19. The number of nitrogens with zero attached hydrogens (tertiary/aromatic N) is 2. The summed E-state index contributed by atoms with van der Waals surface area (Å²) in [7, 11) is 3.09. The van der Waals surface area contributed by atoms with Crippen LogP contribution in [0.3, 0.4) is 0 Å². The lowest BCUT2D eigenvalue weighted by Crippen LogP contribution is -2.19. The summed E-state index contributed by atoms with van der Waals surface area (Å²) in [6, 6.07) is 9.02. The number of fused-ring (bicyclic) bond motifs is 2. The van der Waals surface area contributed by atoms with Crippen LogP contribution in [-0.4, -0.2) is 49.9 Å². The molecule has 0 unspecified atom stereocenters. The van der Waals surface area contributed by atoms with E-state index in [0.29, 0.717) is 35.1 Å². The molecule has 2 heterocycles. The van der Waals surface area contributed by atoms with Gasteiger partial charge in [-0.05, 0) is 24.5 Å². The van der Waals surface area contributed by atoms with E-state index >= 15 is 0 Å². The second kappa shape index (κ2) is 9.01. The summed E-state index contributed by atoms with van der Waals surface area (Å²) < 4.78 is 25.1. The van der Waals surface area contributed by atoms with Gasteiger partial charge in [0.1, 0.15) is 24.7 Å². The first-order valence-electron chi connectivity index (χ1n) is 9.37. The molecular formula is C21H22N2O5S2. The molecule has 2 aromatic carbocycles. The topological polar surface area (TPSA) is 71.3 Å². The van der Waals surface area contributed by atoms with Crippen molar-refractivity contribution in [1.29, 1.82) is 0 Å². The molecule has 0 fully saturated rings. The fourth-order valence-corrected chi connectivity index (χ4v) is 4.65. The van der Waals surface area contributed by atoms with Crippen LogP contribution >= 0.6 is 23.1 Å². The highest BCUT2D eigenvalue weighted by Gasteiger charge is 2.18. The Bertz CT molecular complexity index is 1150. The number of carbonyl (C=O) groups is 1. The van der Waals surface area contributed by atoms with E-state index in [1.165, 1.54) is 18.4 Å². The SMILES string of the molecule is COc1ccc(OC)c(C(=O)N=c2sc3cc4c(cc3n2CCSC)OCCO4)c1. The number of methoxy groups -OCH3 is 2. The van der Waals surface area contributed by atoms with Crippen LogP contribution in [0.1, 0.15) is 10.4 Å². The average Bonchev–Trinajstić information content (AvgIpc) is 3.10. The van der Waals surface area contributed by atoms with Crippen LogP contribution in [0.25, 0.3) is 10.2 Å². The van der Waals surface area contributed by atoms with Crippen LogP contribution in [0, 0.1) is 0 Å². The first-order valence-corrected chi connectivity index (χ1v) is 11.6. The van der Waals surface area contributed by atoms with Gasteiger partial charge >= 0.3 is 0 Å². The highest BCUT2D eigenvalue weighted by molar-refractivity contribution is 7.98. The summed E-state index contributed by atoms with van der Waals surface area (Å²) in [5, 5.41) is 0. The Morgan fingerprint density at radius 3 is 2.63 bits per heavy atom. The minimum absolute atomic E-state index is 0.358. The molecule has 1 aliphatic rings. The normalized spacial score (nSPS) is 13.5. The third kappa shape index (κ3) is 3.99. The van der Waals surface area contributed by atoms with Crippen molar-refractivity contribution in [2.45, 2.75) is 6.54 Å². The molecule has 0 saturated heterocycles. The van der Waals surface area contributed by atoms with Gasteiger partial charge in [0, 0.05) is 24.4 Å². The van der Waals surface area contributed by atoms with Crippen molar-refractivity contribution in [1.82, 2.24) is 4.57 Å². The second-order valence-electron chi connectivity index (χ2n) is 6.48. The van der Waals surface area contributed by atoms with Gasteiger partial charge in [-0.3, -0.25) is 4.79 Å². The minimum atomic E-state index is -0.382. The van der Waals surface area contributed by atoms with Gasteiger partial charge in [0.25, 0.3) is 5.91 Å². The summed E-state index contributed by atoms with van der Waals surface area (Å²) in [5.74, 6) is 2.98. The number of aryl methyl sites for hydroxylation is 1. The Morgan fingerprint density at radius 1 is 1.17 bits per heavy atom. The first-order chi connectivity index (χ1) is 14.6. The van der Waals surface area contributed by atoms with Crippen molar-refractivity contribution in [3.63, 3.8) is 0 Å². The molecule has 30 heavy (non-hydrogen) atoms. The predicted molar refractivity (Wildman–Crippen MR) is 119 cm³/mol. The first kappa shape index (κ1) is 20.6. The van der Waals surface area contributed by atoms with E-state index in [1.807, 2.05) is 12.1 Å². The van der Waals surface area contributed by atoms with Crippen LogP contribution in [0.5, 0.6) is 23.0 Å². The Morgan fingerprint density at radius 2 is 1.93 bits per heavy atom. The van der Waals surface area contributed by atoms with E-state index in [4.69, 9.17) is 18.9 Å². The molecule has 0 aliphatic carbocycles. The number of hydrogen-bond donors (Lipinski definition) is 0. The molecule has 3 aromatic rings. The summed E-state index contributed by atoms with van der Waals surface area (Å²) in [4.78, 5) is 18.1. The molecule has 1 aliphatic heterocycles. The van der Waals surface area contributed by atoms with Gasteiger partial charge in [-0.1, -0.05) is 11.3 Å². The molecule has 0 atom stereocenters. The zero-order valence-electron chi connectivity index (χ0n) is 17.0.